The molecule has 4 rings (SSSR count). The van der Waals surface area contributed by atoms with Gasteiger partial charge in [-0.1, -0.05) is 42.5 Å². The number of aliphatic hydroxyl groups excluding tert-OH is 1. The van der Waals surface area contributed by atoms with Gasteiger partial charge < -0.3 is 21.1 Å². The number of amides is 1. The van der Waals surface area contributed by atoms with Gasteiger partial charge in [-0.05, 0) is 69.0 Å². The van der Waals surface area contributed by atoms with Crippen molar-refractivity contribution in [2.24, 2.45) is 0 Å². The van der Waals surface area contributed by atoms with Crippen molar-refractivity contribution in [3.63, 3.8) is 0 Å². The Morgan fingerprint density at radius 1 is 1.02 bits per heavy atom. The van der Waals surface area contributed by atoms with E-state index in [0.717, 1.165) is 17.7 Å². The molecular weight excluding hydrogens is 612 g/mol. The highest BCUT2D eigenvalue weighted by molar-refractivity contribution is 8.25. The molecule has 1 amide bonds. The van der Waals surface area contributed by atoms with Crippen LogP contribution >= 0.6 is 10.8 Å². The first-order valence-corrected chi connectivity index (χ1v) is 16.4. The first-order chi connectivity index (χ1) is 21.1. The summed E-state index contributed by atoms with van der Waals surface area (Å²) >= 11 is 0. The van der Waals surface area contributed by atoms with E-state index in [1.54, 1.807) is 32.0 Å². The molecule has 246 valence electrons. The minimum Gasteiger partial charge on any atom is -0.390 e. The van der Waals surface area contributed by atoms with Crippen LogP contribution in [-0.2, 0) is 18.1 Å². The minimum atomic E-state index is -4.51. The number of hydrogen-bond donors (Lipinski definition) is 6. The van der Waals surface area contributed by atoms with Crippen LogP contribution < -0.4 is 20.3 Å². The molecule has 13 heteroatoms. The van der Waals surface area contributed by atoms with Crippen molar-refractivity contribution in [2.45, 2.75) is 57.5 Å². The summed E-state index contributed by atoms with van der Waals surface area (Å²) in [5.41, 5.74) is -0.673. The molecule has 3 aromatic rings. The Morgan fingerprint density at radius 2 is 1.71 bits per heavy atom. The fourth-order valence-electron chi connectivity index (χ4n) is 5.28. The molecule has 0 bridgehead atoms. The summed E-state index contributed by atoms with van der Waals surface area (Å²) in [7, 11) is -3.25. The van der Waals surface area contributed by atoms with Gasteiger partial charge in [0.25, 0.3) is 5.91 Å². The summed E-state index contributed by atoms with van der Waals surface area (Å²) in [5, 5.41) is 20.2. The third kappa shape index (κ3) is 8.47. The molecule has 3 aromatic carbocycles. The lowest BCUT2D eigenvalue weighted by Crippen LogP contribution is -2.51. The molecule has 1 heterocycles. The van der Waals surface area contributed by atoms with Gasteiger partial charge in [-0.2, -0.15) is 13.2 Å². The molecule has 1 saturated heterocycles. The lowest BCUT2D eigenvalue weighted by molar-refractivity contribution is -0.137. The predicted molar refractivity (Wildman–Crippen MR) is 170 cm³/mol. The minimum absolute atomic E-state index is 0.0919. The first-order valence-electron chi connectivity index (χ1n) is 14.7. The maximum Gasteiger partial charge on any atom is 0.416 e. The molecule has 2 atom stereocenters. The Kier molecular flexibility index (Phi) is 10.7. The molecular formula is C32H40F4N4O4S. The third-order valence-electron chi connectivity index (χ3n) is 7.82. The molecule has 0 saturated carbocycles. The lowest BCUT2D eigenvalue weighted by Gasteiger charge is -2.38. The van der Waals surface area contributed by atoms with Crippen LogP contribution in [0.25, 0.3) is 0 Å². The second-order valence-corrected chi connectivity index (χ2v) is 13.7. The van der Waals surface area contributed by atoms with Crippen LogP contribution in [0, 0.1) is 5.82 Å². The highest BCUT2D eigenvalue weighted by Gasteiger charge is 2.35. The number of halogens is 4. The van der Waals surface area contributed by atoms with E-state index in [0.29, 0.717) is 24.2 Å². The summed E-state index contributed by atoms with van der Waals surface area (Å²) in [6.07, 6.45) is -5.12. The number of carbonyl (C=O) groups is 1. The summed E-state index contributed by atoms with van der Waals surface area (Å²) < 4.78 is 78.1. The van der Waals surface area contributed by atoms with Crippen LogP contribution in [0.2, 0.25) is 0 Å². The number of hydrogen-bond acceptors (Lipinski definition) is 7. The Bertz CT molecular complexity index is 1470. The summed E-state index contributed by atoms with van der Waals surface area (Å²) in [6, 6.07) is 15.8. The van der Waals surface area contributed by atoms with Crippen molar-refractivity contribution < 1.29 is 36.6 Å². The highest BCUT2D eigenvalue weighted by atomic mass is 32.3. The first kappa shape index (κ1) is 34.5. The second-order valence-electron chi connectivity index (χ2n) is 11.6. The van der Waals surface area contributed by atoms with E-state index in [2.05, 4.69) is 16.0 Å². The Hall–Kier alpha value is -3.36. The van der Waals surface area contributed by atoms with E-state index in [1.165, 1.54) is 22.5 Å². The van der Waals surface area contributed by atoms with E-state index in [4.69, 9.17) is 0 Å². The number of nitrogens with zero attached hydrogens (tertiary/aromatic N) is 1. The van der Waals surface area contributed by atoms with E-state index in [-0.39, 0.29) is 36.5 Å². The maximum absolute atomic E-state index is 15.9. The number of benzene rings is 3. The zero-order chi connectivity index (χ0) is 33.0. The smallest absolute Gasteiger partial charge is 0.390 e. The van der Waals surface area contributed by atoms with Crippen LogP contribution in [0.5, 0.6) is 0 Å². The number of nitrogens with one attached hydrogen (secondary N) is 3. The molecule has 1 aliphatic rings. The average Bonchev–Trinajstić information content (AvgIpc) is 3.35. The summed E-state index contributed by atoms with van der Waals surface area (Å²) in [4.78, 5) is 13.7. The summed E-state index contributed by atoms with van der Waals surface area (Å²) in [5.74, 6) is -1.65. The molecule has 0 radical (unpaired) electrons. The second kappa shape index (κ2) is 14.0. The zero-order valence-electron chi connectivity index (χ0n) is 25.4. The van der Waals surface area contributed by atoms with Crippen molar-refractivity contribution in [3.05, 3.63) is 94.8 Å². The van der Waals surface area contributed by atoms with Gasteiger partial charge in [0.1, 0.15) is 0 Å². The van der Waals surface area contributed by atoms with Crippen LogP contribution in [0.15, 0.2) is 66.7 Å². The van der Waals surface area contributed by atoms with Gasteiger partial charge in [-0.3, -0.25) is 18.2 Å². The highest BCUT2D eigenvalue weighted by Crippen LogP contribution is 2.52. The van der Waals surface area contributed by atoms with Gasteiger partial charge in [0.05, 0.1) is 34.7 Å². The molecule has 45 heavy (non-hydrogen) atoms. The number of alkyl halides is 3. The number of rotatable bonds is 12. The van der Waals surface area contributed by atoms with E-state index in [1.807, 2.05) is 25.1 Å². The van der Waals surface area contributed by atoms with E-state index >= 15 is 4.39 Å². The zero-order valence-corrected chi connectivity index (χ0v) is 26.2. The van der Waals surface area contributed by atoms with Crippen LogP contribution in [0.3, 0.4) is 0 Å². The standard InChI is InChI=1S/C32H40F4N4O4S/c1-4-37-24-18-25(29(33)27(19-24)40-14-9-15-45(40,43)44)30(42)39-26(16-21-10-6-5-7-11-21)28(41)20-38-31(2,3)22-12-8-13-23(17-22)32(34,35)36/h5-8,10-13,17-19,26,28,37-38,41,43-44H,4,9,14-16,20H2,1-3H3,(H,39,42)/t26-,28+/m0/s1. The van der Waals surface area contributed by atoms with Crippen LogP contribution in [0.1, 0.15) is 54.2 Å². The third-order valence-corrected chi connectivity index (χ3v) is 9.75. The SMILES string of the molecule is CCNc1cc(C(=O)N[C@@H](Cc2ccccc2)[C@H](O)CNC(C)(C)c2cccc(C(F)(F)F)c2)c(F)c(N2CCCS2(O)O)c1. The number of anilines is 2. The monoisotopic (exact) mass is 652 g/mol. The van der Waals surface area contributed by atoms with Gasteiger partial charge in [-0.25, -0.2) is 4.39 Å². The fourth-order valence-corrected chi connectivity index (χ4v) is 6.89. The summed E-state index contributed by atoms with van der Waals surface area (Å²) in [6.45, 7) is 5.76. The molecule has 1 fully saturated rings. The van der Waals surface area contributed by atoms with Crippen molar-refractivity contribution in [3.8, 4) is 0 Å². The van der Waals surface area contributed by atoms with E-state index < -0.39 is 51.9 Å². The molecule has 0 spiro atoms. The molecule has 0 aliphatic carbocycles. The van der Waals surface area contributed by atoms with Crippen molar-refractivity contribution in [1.29, 1.82) is 0 Å². The number of carbonyl (C=O) groups excluding carboxylic acids is 1. The van der Waals surface area contributed by atoms with Gasteiger partial charge in [0.15, 0.2) is 5.82 Å². The molecule has 0 unspecified atom stereocenters. The van der Waals surface area contributed by atoms with Gasteiger partial charge >= 0.3 is 6.18 Å². The van der Waals surface area contributed by atoms with Gasteiger partial charge in [-0.15, -0.1) is 10.8 Å². The Labute approximate surface area is 262 Å². The van der Waals surface area contributed by atoms with Crippen molar-refractivity contribution in [2.75, 3.05) is 35.0 Å². The van der Waals surface area contributed by atoms with E-state index in [9.17, 15) is 32.2 Å². The molecule has 1 aliphatic heterocycles. The Balaban J connectivity index is 1.60. The Morgan fingerprint density at radius 3 is 2.33 bits per heavy atom. The van der Waals surface area contributed by atoms with Crippen molar-refractivity contribution >= 4 is 28.1 Å². The fraction of sp³-hybridized carbons (Fsp3) is 0.406. The predicted octanol–water partition coefficient (Wildman–Crippen LogP) is 6.38. The lowest BCUT2D eigenvalue weighted by atomic mass is 9.92. The largest absolute Gasteiger partial charge is 0.416 e. The topological polar surface area (TPSA) is 117 Å². The molecule has 8 nitrogen and oxygen atoms in total. The normalized spacial score (nSPS) is 17.1. The van der Waals surface area contributed by atoms with Crippen LogP contribution in [-0.4, -0.2) is 57.7 Å². The van der Waals surface area contributed by atoms with Crippen LogP contribution in [0.4, 0.5) is 28.9 Å². The van der Waals surface area contributed by atoms with Gasteiger partial charge in [0, 0.05) is 30.9 Å². The quantitative estimate of drug-likeness (QED) is 0.126. The van der Waals surface area contributed by atoms with Crippen molar-refractivity contribution in [1.82, 2.24) is 10.6 Å². The number of aliphatic hydroxyl groups is 1. The average molecular weight is 653 g/mol. The van der Waals surface area contributed by atoms with Gasteiger partial charge in [0.2, 0.25) is 0 Å². The maximum atomic E-state index is 15.9. The molecule has 6 N–H and O–H groups in total. The molecule has 0 aromatic heterocycles.